The fraction of sp³-hybridized carbons (Fsp3) is 0.556. The minimum atomic E-state index is -0.592. The Morgan fingerprint density at radius 1 is 1.50 bits per heavy atom. The molecule has 0 radical (unpaired) electrons. The SMILES string of the molecule is COc1nccnc1C(O)CCSC. The molecule has 5 heteroatoms. The van der Waals surface area contributed by atoms with Gasteiger partial charge in [-0.3, -0.25) is 4.98 Å². The van der Waals surface area contributed by atoms with Gasteiger partial charge in [-0.1, -0.05) is 0 Å². The number of hydrogen-bond donors (Lipinski definition) is 1. The number of aromatic nitrogens is 2. The van der Waals surface area contributed by atoms with Crippen LogP contribution in [0.25, 0.3) is 0 Å². The van der Waals surface area contributed by atoms with Crippen LogP contribution in [-0.4, -0.2) is 34.2 Å². The van der Waals surface area contributed by atoms with E-state index < -0.39 is 6.10 Å². The van der Waals surface area contributed by atoms with Crippen molar-refractivity contribution >= 4 is 11.8 Å². The zero-order chi connectivity index (χ0) is 10.4. The van der Waals surface area contributed by atoms with Gasteiger partial charge in [0.15, 0.2) is 0 Å². The lowest BCUT2D eigenvalue weighted by atomic mass is 10.2. The van der Waals surface area contributed by atoms with Crippen molar-refractivity contribution in [1.29, 1.82) is 0 Å². The van der Waals surface area contributed by atoms with E-state index in [1.165, 1.54) is 7.11 Å². The Labute approximate surface area is 87.7 Å². The number of ether oxygens (including phenoxy) is 1. The van der Waals surface area contributed by atoms with Crippen molar-refractivity contribution in [3.8, 4) is 5.88 Å². The summed E-state index contributed by atoms with van der Waals surface area (Å²) in [4.78, 5) is 8.03. The highest BCUT2D eigenvalue weighted by atomic mass is 32.2. The van der Waals surface area contributed by atoms with Crippen LogP contribution < -0.4 is 4.74 Å². The zero-order valence-electron chi connectivity index (χ0n) is 8.30. The zero-order valence-corrected chi connectivity index (χ0v) is 9.12. The van der Waals surface area contributed by atoms with Crippen LogP contribution >= 0.6 is 11.8 Å². The standard InChI is InChI=1S/C9H14N2O2S/c1-13-9-8(10-4-5-11-9)7(12)3-6-14-2/h4-5,7,12H,3,6H2,1-2H3. The smallest absolute Gasteiger partial charge is 0.238 e. The average molecular weight is 214 g/mol. The third-order valence-corrected chi connectivity index (χ3v) is 2.44. The minimum absolute atomic E-state index is 0.404. The monoisotopic (exact) mass is 214 g/mol. The van der Waals surface area contributed by atoms with Crippen molar-refractivity contribution in [3.05, 3.63) is 18.1 Å². The molecule has 0 spiro atoms. The molecule has 1 atom stereocenters. The Kier molecular flexibility index (Phi) is 4.69. The molecule has 1 N–H and O–H groups in total. The molecule has 78 valence electrons. The van der Waals surface area contributed by atoms with Gasteiger partial charge in [0.1, 0.15) is 11.8 Å². The molecular formula is C9H14N2O2S. The van der Waals surface area contributed by atoms with Crippen molar-refractivity contribution in [2.24, 2.45) is 0 Å². The molecule has 0 aliphatic heterocycles. The maximum Gasteiger partial charge on any atom is 0.238 e. The molecule has 1 rings (SSSR count). The first-order chi connectivity index (χ1) is 6.79. The summed E-state index contributed by atoms with van der Waals surface area (Å²) in [6.45, 7) is 0. The molecule has 0 aliphatic carbocycles. The second-order valence-electron chi connectivity index (χ2n) is 2.75. The molecule has 0 amide bonds. The highest BCUT2D eigenvalue weighted by Gasteiger charge is 2.14. The van der Waals surface area contributed by atoms with Gasteiger partial charge < -0.3 is 9.84 Å². The number of aliphatic hydroxyl groups is 1. The molecule has 1 aromatic heterocycles. The van der Waals surface area contributed by atoms with E-state index in [4.69, 9.17) is 4.74 Å². The number of rotatable bonds is 5. The van der Waals surface area contributed by atoms with E-state index in [1.807, 2.05) is 6.26 Å². The molecule has 0 aliphatic rings. The Bertz CT molecular complexity index is 283. The first kappa shape index (κ1) is 11.3. The maximum atomic E-state index is 9.77. The first-order valence-electron chi connectivity index (χ1n) is 4.31. The number of thioether (sulfide) groups is 1. The van der Waals surface area contributed by atoms with E-state index >= 15 is 0 Å². The molecule has 1 unspecified atom stereocenters. The van der Waals surface area contributed by atoms with E-state index in [1.54, 1.807) is 24.2 Å². The second-order valence-corrected chi connectivity index (χ2v) is 3.73. The van der Waals surface area contributed by atoms with Gasteiger partial charge in [0, 0.05) is 12.4 Å². The van der Waals surface area contributed by atoms with E-state index in [0.29, 0.717) is 18.0 Å². The van der Waals surface area contributed by atoms with E-state index in [2.05, 4.69) is 9.97 Å². The molecular weight excluding hydrogens is 200 g/mol. The van der Waals surface area contributed by atoms with Crippen molar-refractivity contribution in [2.45, 2.75) is 12.5 Å². The summed E-state index contributed by atoms with van der Waals surface area (Å²) in [6, 6.07) is 0. The summed E-state index contributed by atoms with van der Waals surface area (Å²) in [6.07, 6.45) is 5.17. The largest absolute Gasteiger partial charge is 0.480 e. The van der Waals surface area contributed by atoms with Gasteiger partial charge in [0.05, 0.1) is 7.11 Å². The summed E-state index contributed by atoms with van der Waals surface area (Å²) in [5, 5.41) is 9.77. The van der Waals surface area contributed by atoms with Gasteiger partial charge in [-0.25, -0.2) is 4.98 Å². The Hall–Kier alpha value is -0.810. The van der Waals surface area contributed by atoms with Crippen LogP contribution in [-0.2, 0) is 0 Å². The number of hydrogen-bond acceptors (Lipinski definition) is 5. The second kappa shape index (κ2) is 5.82. The van der Waals surface area contributed by atoms with E-state index in [9.17, 15) is 5.11 Å². The summed E-state index contributed by atoms with van der Waals surface area (Å²) in [5.41, 5.74) is 0.518. The molecule has 0 aromatic carbocycles. The lowest BCUT2D eigenvalue weighted by Gasteiger charge is -2.11. The van der Waals surface area contributed by atoms with Crippen molar-refractivity contribution in [1.82, 2.24) is 9.97 Å². The fourth-order valence-electron chi connectivity index (χ4n) is 1.09. The van der Waals surface area contributed by atoms with E-state index in [-0.39, 0.29) is 0 Å². The lowest BCUT2D eigenvalue weighted by molar-refractivity contribution is 0.164. The molecule has 1 aromatic rings. The summed E-state index contributed by atoms with van der Waals surface area (Å²) in [5.74, 6) is 1.29. The van der Waals surface area contributed by atoms with Crippen LogP contribution in [0.3, 0.4) is 0 Å². The highest BCUT2D eigenvalue weighted by Crippen LogP contribution is 2.22. The quantitative estimate of drug-likeness (QED) is 0.800. The predicted molar refractivity (Wildman–Crippen MR) is 56.5 cm³/mol. The van der Waals surface area contributed by atoms with Crippen molar-refractivity contribution in [2.75, 3.05) is 19.1 Å². The number of methoxy groups -OCH3 is 1. The van der Waals surface area contributed by atoms with Gasteiger partial charge >= 0.3 is 0 Å². The summed E-state index contributed by atoms with van der Waals surface area (Å²) in [7, 11) is 1.52. The summed E-state index contributed by atoms with van der Waals surface area (Å²) < 4.78 is 5.01. The van der Waals surface area contributed by atoms with Crippen molar-refractivity contribution in [3.63, 3.8) is 0 Å². The van der Waals surface area contributed by atoms with Crippen LogP contribution in [0.15, 0.2) is 12.4 Å². The lowest BCUT2D eigenvalue weighted by Crippen LogP contribution is -2.05. The fourth-order valence-corrected chi connectivity index (χ4v) is 1.55. The molecule has 0 saturated heterocycles. The Morgan fingerprint density at radius 3 is 2.86 bits per heavy atom. The maximum absolute atomic E-state index is 9.77. The molecule has 4 nitrogen and oxygen atoms in total. The van der Waals surface area contributed by atoms with Gasteiger partial charge in [-0.05, 0) is 18.4 Å². The minimum Gasteiger partial charge on any atom is -0.480 e. The topological polar surface area (TPSA) is 55.2 Å². The Balaban J connectivity index is 2.72. The summed E-state index contributed by atoms with van der Waals surface area (Å²) >= 11 is 1.69. The normalized spacial score (nSPS) is 12.5. The van der Waals surface area contributed by atoms with Gasteiger partial charge in [-0.15, -0.1) is 0 Å². The molecule has 1 heterocycles. The predicted octanol–water partition coefficient (Wildman–Crippen LogP) is 1.27. The first-order valence-corrected chi connectivity index (χ1v) is 5.71. The van der Waals surface area contributed by atoms with Crippen LogP contribution in [0.4, 0.5) is 0 Å². The van der Waals surface area contributed by atoms with Crippen LogP contribution in [0.2, 0.25) is 0 Å². The van der Waals surface area contributed by atoms with Crippen molar-refractivity contribution < 1.29 is 9.84 Å². The van der Waals surface area contributed by atoms with Crippen LogP contribution in [0.1, 0.15) is 18.2 Å². The third-order valence-electron chi connectivity index (χ3n) is 1.80. The third kappa shape index (κ3) is 2.85. The molecule has 14 heavy (non-hydrogen) atoms. The number of aliphatic hydroxyl groups excluding tert-OH is 1. The van der Waals surface area contributed by atoms with E-state index in [0.717, 1.165) is 5.75 Å². The van der Waals surface area contributed by atoms with Gasteiger partial charge in [-0.2, -0.15) is 11.8 Å². The Morgan fingerprint density at radius 2 is 2.21 bits per heavy atom. The van der Waals surface area contributed by atoms with Gasteiger partial charge in [0.25, 0.3) is 0 Å². The average Bonchev–Trinajstić information content (AvgIpc) is 2.25. The highest BCUT2D eigenvalue weighted by molar-refractivity contribution is 7.98. The van der Waals surface area contributed by atoms with Crippen LogP contribution in [0.5, 0.6) is 5.88 Å². The van der Waals surface area contributed by atoms with Gasteiger partial charge in [0.2, 0.25) is 5.88 Å². The number of nitrogens with zero attached hydrogens (tertiary/aromatic N) is 2. The molecule has 0 bridgehead atoms. The molecule has 0 saturated carbocycles. The van der Waals surface area contributed by atoms with Crippen LogP contribution in [0, 0.1) is 0 Å². The molecule has 0 fully saturated rings.